The molecule has 0 aromatic rings. The van der Waals surface area contributed by atoms with Crippen LogP contribution in [-0.2, 0) is 4.79 Å². The van der Waals surface area contributed by atoms with Gasteiger partial charge in [0.15, 0.2) is 0 Å². The fourth-order valence-corrected chi connectivity index (χ4v) is 2.71. The van der Waals surface area contributed by atoms with E-state index >= 15 is 0 Å². The van der Waals surface area contributed by atoms with Crippen molar-refractivity contribution in [3.8, 4) is 0 Å². The third-order valence-corrected chi connectivity index (χ3v) is 3.39. The van der Waals surface area contributed by atoms with Gasteiger partial charge in [0.2, 0.25) is 0 Å². The van der Waals surface area contributed by atoms with Crippen LogP contribution in [0.2, 0.25) is 0 Å². The zero-order valence-electron chi connectivity index (χ0n) is 9.81. The smallest absolute Gasteiger partial charge is 0.300 e. The molecule has 1 aliphatic rings. The molecule has 1 rings (SSSR count). The summed E-state index contributed by atoms with van der Waals surface area (Å²) in [6, 6.07) is 0. The molecular weight excluding hydrogens is 217 g/mol. The van der Waals surface area contributed by atoms with E-state index in [0.29, 0.717) is 12.8 Å². The van der Waals surface area contributed by atoms with Crippen molar-refractivity contribution < 1.29 is 18.0 Å². The summed E-state index contributed by atoms with van der Waals surface area (Å²) in [7, 11) is 0. The van der Waals surface area contributed by atoms with Gasteiger partial charge in [-0.3, -0.25) is 0 Å². The van der Waals surface area contributed by atoms with Crippen LogP contribution in [0.5, 0.6) is 0 Å². The molecule has 0 amide bonds. The number of rotatable bonds is 2. The predicted octanol–water partition coefficient (Wildman–Crippen LogP) is 3.97. The van der Waals surface area contributed by atoms with E-state index in [4.69, 9.17) is 0 Å². The number of ketones is 1. The first-order valence-electron chi connectivity index (χ1n) is 5.85. The molecule has 16 heavy (non-hydrogen) atoms. The molecule has 0 saturated heterocycles. The van der Waals surface area contributed by atoms with Gasteiger partial charge >= 0.3 is 6.18 Å². The van der Waals surface area contributed by atoms with Crippen molar-refractivity contribution in [1.82, 2.24) is 0 Å². The Morgan fingerprint density at radius 3 is 2.38 bits per heavy atom. The van der Waals surface area contributed by atoms with Crippen LogP contribution in [0.4, 0.5) is 13.2 Å². The minimum Gasteiger partial charge on any atom is -0.300 e. The molecule has 3 unspecified atom stereocenters. The fraction of sp³-hybridized carbons (Fsp3) is 0.917. The highest BCUT2D eigenvalue weighted by molar-refractivity contribution is 5.75. The third kappa shape index (κ3) is 4.14. The number of carbonyl (C=O) groups excluding carboxylic acids is 1. The maximum absolute atomic E-state index is 12.6. The Kier molecular flexibility index (Phi) is 4.39. The van der Waals surface area contributed by atoms with Gasteiger partial charge in [0.05, 0.1) is 5.92 Å². The zero-order valence-corrected chi connectivity index (χ0v) is 9.81. The van der Waals surface area contributed by atoms with Gasteiger partial charge in [0.25, 0.3) is 0 Å². The normalized spacial score (nSPS) is 32.2. The Labute approximate surface area is 94.4 Å². The lowest BCUT2D eigenvalue weighted by molar-refractivity contribution is -0.179. The lowest BCUT2D eigenvalue weighted by atomic mass is 9.90. The summed E-state index contributed by atoms with van der Waals surface area (Å²) in [6.07, 6.45) is -1.93. The molecule has 0 bridgehead atoms. The molecule has 3 atom stereocenters. The number of halogens is 3. The number of carbonyl (C=O) groups is 1. The van der Waals surface area contributed by atoms with E-state index < -0.39 is 12.1 Å². The van der Waals surface area contributed by atoms with Gasteiger partial charge in [-0.1, -0.05) is 6.92 Å². The van der Waals surface area contributed by atoms with Crippen molar-refractivity contribution in [3.05, 3.63) is 0 Å². The molecule has 1 nitrogen and oxygen atoms in total. The van der Waals surface area contributed by atoms with Crippen LogP contribution in [0.25, 0.3) is 0 Å². The standard InChI is InChI=1S/C12H19F3O/c1-8-5-10(7-9(2)16)3-4-11(6-8)12(13,14)15/h8,10-11H,3-7H2,1-2H3. The summed E-state index contributed by atoms with van der Waals surface area (Å²) < 4.78 is 37.9. The predicted molar refractivity (Wildman–Crippen MR) is 56.0 cm³/mol. The van der Waals surface area contributed by atoms with Crippen LogP contribution >= 0.6 is 0 Å². The van der Waals surface area contributed by atoms with Crippen LogP contribution in [0.3, 0.4) is 0 Å². The Hall–Kier alpha value is -0.540. The minimum absolute atomic E-state index is 0.0680. The van der Waals surface area contributed by atoms with Crippen molar-refractivity contribution in [1.29, 1.82) is 0 Å². The van der Waals surface area contributed by atoms with Gasteiger partial charge in [-0.25, -0.2) is 0 Å². The second kappa shape index (κ2) is 5.19. The van der Waals surface area contributed by atoms with Crippen molar-refractivity contribution in [3.63, 3.8) is 0 Å². The molecular formula is C12H19F3O. The SMILES string of the molecule is CC(=O)CC1CCC(C(F)(F)F)CC(C)C1. The van der Waals surface area contributed by atoms with E-state index in [9.17, 15) is 18.0 Å². The number of alkyl halides is 3. The molecule has 1 saturated carbocycles. The van der Waals surface area contributed by atoms with Crippen LogP contribution in [0.1, 0.15) is 46.0 Å². The largest absolute Gasteiger partial charge is 0.391 e. The molecule has 0 radical (unpaired) electrons. The van der Waals surface area contributed by atoms with Gasteiger partial charge in [-0.05, 0) is 44.4 Å². The third-order valence-electron chi connectivity index (χ3n) is 3.39. The molecule has 0 aromatic carbocycles. The van der Waals surface area contributed by atoms with Crippen LogP contribution in [0, 0.1) is 17.8 Å². The first kappa shape index (κ1) is 13.5. The highest BCUT2D eigenvalue weighted by atomic mass is 19.4. The van der Waals surface area contributed by atoms with E-state index in [1.807, 2.05) is 6.92 Å². The van der Waals surface area contributed by atoms with Crippen molar-refractivity contribution in [2.75, 3.05) is 0 Å². The summed E-state index contributed by atoms with van der Waals surface area (Å²) in [5, 5.41) is 0. The van der Waals surface area contributed by atoms with E-state index in [1.54, 1.807) is 0 Å². The molecule has 0 spiro atoms. The van der Waals surface area contributed by atoms with Gasteiger partial charge in [-0.15, -0.1) is 0 Å². The molecule has 0 heterocycles. The maximum atomic E-state index is 12.6. The van der Waals surface area contributed by atoms with Crippen LogP contribution in [-0.4, -0.2) is 12.0 Å². The Bertz CT molecular complexity index is 247. The van der Waals surface area contributed by atoms with E-state index in [1.165, 1.54) is 6.92 Å². The second-order valence-corrected chi connectivity index (χ2v) is 5.16. The maximum Gasteiger partial charge on any atom is 0.391 e. The molecule has 94 valence electrons. The summed E-state index contributed by atoms with van der Waals surface area (Å²) in [4.78, 5) is 11.0. The molecule has 0 N–H and O–H groups in total. The van der Waals surface area contributed by atoms with Gasteiger partial charge < -0.3 is 4.79 Å². The van der Waals surface area contributed by atoms with E-state index in [2.05, 4.69) is 0 Å². The Balaban J connectivity index is 2.59. The van der Waals surface area contributed by atoms with Gasteiger partial charge in [-0.2, -0.15) is 13.2 Å². The number of Topliss-reactive ketones (excluding diaryl/α,β-unsaturated/α-hetero) is 1. The fourth-order valence-electron chi connectivity index (χ4n) is 2.71. The average molecular weight is 236 g/mol. The summed E-state index contributed by atoms with van der Waals surface area (Å²) in [5.41, 5.74) is 0. The monoisotopic (exact) mass is 236 g/mol. The molecule has 0 aliphatic heterocycles. The topological polar surface area (TPSA) is 17.1 Å². The average Bonchev–Trinajstić information content (AvgIpc) is 2.24. The zero-order chi connectivity index (χ0) is 12.3. The van der Waals surface area contributed by atoms with Crippen LogP contribution in [0.15, 0.2) is 0 Å². The van der Waals surface area contributed by atoms with Crippen molar-refractivity contribution >= 4 is 5.78 Å². The first-order chi connectivity index (χ1) is 7.29. The lowest BCUT2D eigenvalue weighted by Gasteiger charge is -2.19. The number of hydrogen-bond donors (Lipinski definition) is 0. The molecule has 1 aliphatic carbocycles. The van der Waals surface area contributed by atoms with Crippen molar-refractivity contribution in [2.24, 2.45) is 17.8 Å². The quantitative estimate of drug-likeness (QED) is 0.663. The lowest BCUT2D eigenvalue weighted by Crippen LogP contribution is -2.23. The van der Waals surface area contributed by atoms with E-state index in [0.717, 1.165) is 6.42 Å². The molecule has 4 heteroatoms. The summed E-state index contributed by atoms with van der Waals surface area (Å²) in [6.45, 7) is 3.37. The number of hydrogen-bond acceptors (Lipinski definition) is 1. The summed E-state index contributed by atoms with van der Waals surface area (Å²) in [5.74, 6) is -0.861. The first-order valence-corrected chi connectivity index (χ1v) is 5.85. The highest BCUT2D eigenvalue weighted by Gasteiger charge is 2.41. The Morgan fingerprint density at radius 2 is 1.88 bits per heavy atom. The molecule has 1 fully saturated rings. The van der Waals surface area contributed by atoms with Crippen molar-refractivity contribution in [2.45, 2.75) is 52.1 Å². The molecule has 0 aromatic heterocycles. The Morgan fingerprint density at radius 1 is 1.25 bits per heavy atom. The minimum atomic E-state index is -4.07. The van der Waals surface area contributed by atoms with Crippen LogP contribution < -0.4 is 0 Å². The van der Waals surface area contributed by atoms with Gasteiger partial charge in [0, 0.05) is 6.42 Å². The van der Waals surface area contributed by atoms with E-state index in [-0.39, 0.29) is 30.5 Å². The highest BCUT2D eigenvalue weighted by Crippen LogP contribution is 2.41. The summed E-state index contributed by atoms with van der Waals surface area (Å²) >= 11 is 0. The van der Waals surface area contributed by atoms with Gasteiger partial charge in [0.1, 0.15) is 5.78 Å². The second-order valence-electron chi connectivity index (χ2n) is 5.16.